The van der Waals surface area contributed by atoms with Gasteiger partial charge in [0.2, 0.25) is 0 Å². The van der Waals surface area contributed by atoms with Crippen LogP contribution in [-0.4, -0.2) is 11.9 Å². The number of hydrogen-bond acceptors (Lipinski definition) is 1. The molecule has 0 amide bonds. The van der Waals surface area contributed by atoms with E-state index in [-0.39, 0.29) is 5.41 Å². The molecule has 0 aromatic heterocycles. The number of alkyl halides is 1. The lowest BCUT2D eigenvalue weighted by atomic mass is 9.47. The average molecular weight is 349 g/mol. The van der Waals surface area contributed by atoms with Gasteiger partial charge in [-0.25, -0.2) is 4.39 Å². The van der Waals surface area contributed by atoms with Crippen molar-refractivity contribution in [2.45, 2.75) is 78.3 Å². The standard InChI is InChI=1S/C22H33FS/c1-5-24-19-7-6-9-22(4)17-8-10-21(3)13-15(23)12-18(21)16(17)11-14(2)20(19)22/h15-18H,2,5-13H2,1,3-4H3/t15-,16-,17+,18+,21-,22-/m1/s1. The van der Waals surface area contributed by atoms with Crippen LogP contribution < -0.4 is 0 Å². The summed E-state index contributed by atoms with van der Waals surface area (Å²) >= 11 is 2.06. The number of thioether (sulfide) groups is 1. The van der Waals surface area contributed by atoms with Crippen LogP contribution in [0.5, 0.6) is 0 Å². The van der Waals surface area contributed by atoms with E-state index in [4.69, 9.17) is 0 Å². The summed E-state index contributed by atoms with van der Waals surface area (Å²) in [7, 11) is 0. The molecule has 24 heavy (non-hydrogen) atoms. The zero-order chi connectivity index (χ0) is 17.1. The molecule has 0 aliphatic heterocycles. The molecule has 0 bridgehead atoms. The van der Waals surface area contributed by atoms with Gasteiger partial charge >= 0.3 is 0 Å². The second-order valence-electron chi connectivity index (χ2n) is 9.42. The average Bonchev–Trinajstić information content (AvgIpc) is 2.82. The van der Waals surface area contributed by atoms with Gasteiger partial charge in [-0.05, 0) is 96.2 Å². The highest BCUT2D eigenvalue weighted by atomic mass is 32.2. The van der Waals surface area contributed by atoms with Crippen molar-refractivity contribution in [3.8, 4) is 0 Å². The molecule has 0 unspecified atom stereocenters. The van der Waals surface area contributed by atoms with Gasteiger partial charge < -0.3 is 0 Å². The van der Waals surface area contributed by atoms with Gasteiger partial charge in [0.15, 0.2) is 0 Å². The molecule has 0 heterocycles. The van der Waals surface area contributed by atoms with Gasteiger partial charge in [-0.3, -0.25) is 0 Å². The van der Waals surface area contributed by atoms with Crippen LogP contribution in [-0.2, 0) is 0 Å². The van der Waals surface area contributed by atoms with Crippen molar-refractivity contribution in [3.05, 3.63) is 22.6 Å². The van der Waals surface area contributed by atoms with E-state index >= 15 is 0 Å². The first kappa shape index (κ1) is 17.2. The number of rotatable bonds is 2. The lowest BCUT2D eigenvalue weighted by molar-refractivity contribution is -0.0248. The predicted molar refractivity (Wildman–Crippen MR) is 103 cm³/mol. The van der Waals surface area contributed by atoms with E-state index in [2.05, 4.69) is 39.1 Å². The number of allylic oxidation sites excluding steroid dienone is 3. The van der Waals surface area contributed by atoms with Crippen molar-refractivity contribution in [2.75, 3.05) is 5.75 Å². The maximum atomic E-state index is 14.3. The minimum atomic E-state index is -0.561. The van der Waals surface area contributed by atoms with E-state index in [1.54, 1.807) is 10.5 Å². The van der Waals surface area contributed by atoms with E-state index in [1.165, 1.54) is 43.4 Å². The van der Waals surface area contributed by atoms with Crippen LogP contribution >= 0.6 is 11.8 Å². The monoisotopic (exact) mass is 348 g/mol. The molecule has 3 saturated carbocycles. The second-order valence-corrected chi connectivity index (χ2v) is 10.8. The number of halogens is 1. The largest absolute Gasteiger partial charge is 0.247 e. The first-order valence-corrected chi connectivity index (χ1v) is 11.1. The Kier molecular flexibility index (Phi) is 4.22. The number of hydrogen-bond donors (Lipinski definition) is 0. The topological polar surface area (TPSA) is 0 Å². The van der Waals surface area contributed by atoms with Crippen molar-refractivity contribution in [3.63, 3.8) is 0 Å². The van der Waals surface area contributed by atoms with E-state index in [0.717, 1.165) is 25.2 Å². The zero-order valence-corrected chi connectivity index (χ0v) is 16.5. The summed E-state index contributed by atoms with van der Waals surface area (Å²) in [5.41, 5.74) is 3.61. The highest BCUT2D eigenvalue weighted by molar-refractivity contribution is 8.03. The summed E-state index contributed by atoms with van der Waals surface area (Å²) in [6.07, 6.45) is 8.65. The molecule has 0 spiro atoms. The van der Waals surface area contributed by atoms with E-state index in [1.807, 2.05) is 0 Å². The molecule has 0 saturated heterocycles. The van der Waals surface area contributed by atoms with Crippen molar-refractivity contribution in [1.29, 1.82) is 0 Å². The van der Waals surface area contributed by atoms with Gasteiger partial charge in [-0.1, -0.05) is 32.9 Å². The molecule has 4 rings (SSSR count). The maximum Gasteiger partial charge on any atom is 0.101 e. The molecule has 0 N–H and O–H groups in total. The predicted octanol–water partition coefficient (Wildman–Crippen LogP) is 6.92. The fourth-order valence-electron chi connectivity index (χ4n) is 7.20. The van der Waals surface area contributed by atoms with Gasteiger partial charge in [-0.2, -0.15) is 0 Å². The molecule has 0 aromatic carbocycles. The molecule has 4 aliphatic carbocycles. The van der Waals surface area contributed by atoms with Crippen LogP contribution in [0.15, 0.2) is 22.6 Å². The summed E-state index contributed by atoms with van der Waals surface area (Å²) in [5, 5.41) is 0. The molecule has 6 atom stereocenters. The smallest absolute Gasteiger partial charge is 0.101 e. The third kappa shape index (κ3) is 2.38. The second kappa shape index (κ2) is 5.89. The van der Waals surface area contributed by atoms with Gasteiger partial charge in [0.25, 0.3) is 0 Å². The van der Waals surface area contributed by atoms with Crippen LogP contribution in [0.4, 0.5) is 4.39 Å². The van der Waals surface area contributed by atoms with Crippen LogP contribution in [0, 0.1) is 28.6 Å². The van der Waals surface area contributed by atoms with E-state index in [0.29, 0.717) is 17.3 Å². The molecule has 4 aliphatic rings. The normalized spacial score (nSPS) is 48.1. The molecule has 134 valence electrons. The maximum absolute atomic E-state index is 14.3. The first-order chi connectivity index (χ1) is 11.4. The molecule has 3 fully saturated rings. The van der Waals surface area contributed by atoms with Crippen LogP contribution in [0.2, 0.25) is 0 Å². The Morgan fingerprint density at radius 3 is 2.79 bits per heavy atom. The van der Waals surface area contributed by atoms with E-state index < -0.39 is 6.17 Å². The van der Waals surface area contributed by atoms with Gasteiger partial charge in [0.05, 0.1) is 0 Å². The Labute approximate surface area is 151 Å². The number of fused-ring (bicyclic) bond motifs is 5. The van der Waals surface area contributed by atoms with Gasteiger partial charge in [-0.15, -0.1) is 11.8 Å². The molecule has 0 radical (unpaired) electrons. The zero-order valence-electron chi connectivity index (χ0n) is 15.7. The summed E-state index contributed by atoms with van der Waals surface area (Å²) in [6, 6.07) is 0. The Bertz CT molecular complexity index is 579. The molecule has 0 aromatic rings. The fourth-order valence-corrected chi connectivity index (χ4v) is 8.36. The van der Waals surface area contributed by atoms with Crippen LogP contribution in [0.3, 0.4) is 0 Å². The van der Waals surface area contributed by atoms with Crippen LogP contribution in [0.1, 0.15) is 72.1 Å². The van der Waals surface area contributed by atoms with Gasteiger partial charge in [0.1, 0.15) is 6.17 Å². The Morgan fingerprint density at radius 1 is 1.25 bits per heavy atom. The quantitative estimate of drug-likeness (QED) is 0.521. The minimum Gasteiger partial charge on any atom is -0.247 e. The van der Waals surface area contributed by atoms with E-state index in [9.17, 15) is 4.39 Å². The lowest BCUT2D eigenvalue weighted by Crippen LogP contribution is -2.49. The fraction of sp³-hybridized carbons (Fsp3) is 0.818. The third-order valence-electron chi connectivity index (χ3n) is 8.08. The molecule has 2 heteroatoms. The van der Waals surface area contributed by atoms with Crippen LogP contribution in [0.25, 0.3) is 0 Å². The molecular formula is C22H33FS. The summed E-state index contributed by atoms with van der Waals surface area (Å²) < 4.78 is 14.3. The third-order valence-corrected chi connectivity index (χ3v) is 9.12. The molecular weight excluding hydrogens is 315 g/mol. The summed E-state index contributed by atoms with van der Waals surface area (Å²) in [6.45, 7) is 11.7. The minimum absolute atomic E-state index is 0.258. The highest BCUT2D eigenvalue weighted by Crippen LogP contribution is 2.67. The molecule has 0 nitrogen and oxygen atoms in total. The van der Waals surface area contributed by atoms with Gasteiger partial charge in [0, 0.05) is 0 Å². The SMILES string of the molecule is C=C1C[C@H]2[C@@H]3C[C@@H](F)C[C@@]3(C)CC[C@@H]2[C@@]2(C)CCCC(SCC)=C12. The highest BCUT2D eigenvalue weighted by Gasteiger charge is 2.58. The van der Waals surface area contributed by atoms with Crippen molar-refractivity contribution < 1.29 is 4.39 Å². The Hall–Kier alpha value is -0.240. The Morgan fingerprint density at radius 2 is 2.04 bits per heavy atom. The lowest BCUT2D eigenvalue weighted by Gasteiger charge is -2.58. The first-order valence-electron chi connectivity index (χ1n) is 10.1. The van der Waals surface area contributed by atoms with Crippen molar-refractivity contribution in [2.24, 2.45) is 28.6 Å². The summed E-state index contributed by atoms with van der Waals surface area (Å²) in [5.74, 6) is 3.19. The Balaban J connectivity index is 1.73. The summed E-state index contributed by atoms with van der Waals surface area (Å²) in [4.78, 5) is 1.64. The van der Waals surface area contributed by atoms with Crippen molar-refractivity contribution >= 4 is 11.8 Å². The van der Waals surface area contributed by atoms with Crippen molar-refractivity contribution in [1.82, 2.24) is 0 Å².